The smallest absolute Gasteiger partial charge is 0.319 e. The van der Waals surface area contributed by atoms with Gasteiger partial charge in [0.15, 0.2) is 0 Å². The van der Waals surface area contributed by atoms with Crippen molar-refractivity contribution in [3.05, 3.63) is 23.8 Å². The number of urea groups is 1. The van der Waals surface area contributed by atoms with Crippen molar-refractivity contribution in [1.29, 1.82) is 0 Å². The fourth-order valence-electron chi connectivity index (χ4n) is 2.61. The number of hydrogen-bond acceptors (Lipinski definition) is 3. The second-order valence-electron chi connectivity index (χ2n) is 5.69. The largest absolute Gasteiger partial charge is 0.495 e. The van der Waals surface area contributed by atoms with E-state index in [2.05, 4.69) is 10.6 Å². The summed E-state index contributed by atoms with van der Waals surface area (Å²) in [6.45, 7) is 0. The van der Waals surface area contributed by atoms with Crippen molar-refractivity contribution in [2.24, 2.45) is 0 Å². The van der Waals surface area contributed by atoms with Crippen LogP contribution in [0, 0.1) is 0 Å². The Bertz CT molecular complexity index is 552. The Labute approximate surface area is 130 Å². The van der Waals surface area contributed by atoms with Crippen molar-refractivity contribution in [2.45, 2.75) is 31.7 Å². The molecule has 3 amide bonds. The van der Waals surface area contributed by atoms with Crippen molar-refractivity contribution in [3.8, 4) is 5.75 Å². The lowest BCUT2D eigenvalue weighted by Crippen LogP contribution is -2.36. The molecular formula is C16H23N3O3. The van der Waals surface area contributed by atoms with Gasteiger partial charge in [0.05, 0.1) is 12.8 Å². The first-order chi connectivity index (χ1) is 10.5. The molecular weight excluding hydrogens is 282 g/mol. The molecule has 1 aromatic carbocycles. The van der Waals surface area contributed by atoms with Crippen LogP contribution in [0.3, 0.4) is 0 Å². The standard InChI is InChI=1S/C16H23N3O3/c1-19(2)15(20)11-8-9-14(22-3)13(10-11)18-16(21)17-12-6-4-5-7-12/h8-10,12H,4-7H2,1-3H3,(H2,17,18,21). The highest BCUT2D eigenvalue weighted by atomic mass is 16.5. The van der Waals surface area contributed by atoms with Crippen LogP contribution in [0.4, 0.5) is 10.5 Å². The molecule has 6 nitrogen and oxygen atoms in total. The van der Waals surface area contributed by atoms with Crippen LogP contribution in [0.15, 0.2) is 18.2 Å². The Balaban J connectivity index is 2.11. The Morgan fingerprint density at radius 2 is 1.91 bits per heavy atom. The molecule has 1 aliphatic rings. The molecule has 1 aliphatic carbocycles. The van der Waals surface area contributed by atoms with E-state index in [-0.39, 0.29) is 18.0 Å². The third-order valence-electron chi connectivity index (χ3n) is 3.79. The lowest BCUT2D eigenvalue weighted by Gasteiger charge is -2.16. The Morgan fingerprint density at radius 3 is 2.50 bits per heavy atom. The molecule has 2 N–H and O–H groups in total. The monoisotopic (exact) mass is 305 g/mol. The Morgan fingerprint density at radius 1 is 1.23 bits per heavy atom. The second kappa shape index (κ2) is 7.15. The first kappa shape index (κ1) is 16.1. The zero-order valence-electron chi connectivity index (χ0n) is 13.3. The van der Waals surface area contributed by atoms with E-state index in [1.165, 1.54) is 12.0 Å². The molecule has 22 heavy (non-hydrogen) atoms. The number of ether oxygens (including phenoxy) is 1. The number of methoxy groups -OCH3 is 1. The lowest BCUT2D eigenvalue weighted by atomic mass is 10.1. The van der Waals surface area contributed by atoms with Gasteiger partial charge >= 0.3 is 6.03 Å². The predicted octanol–water partition coefficient (Wildman–Crippen LogP) is 2.46. The zero-order chi connectivity index (χ0) is 16.1. The zero-order valence-corrected chi connectivity index (χ0v) is 13.3. The maximum absolute atomic E-state index is 12.1. The molecule has 0 unspecified atom stereocenters. The van der Waals surface area contributed by atoms with Crippen molar-refractivity contribution in [2.75, 3.05) is 26.5 Å². The van der Waals surface area contributed by atoms with Crippen LogP contribution < -0.4 is 15.4 Å². The molecule has 0 radical (unpaired) electrons. The molecule has 2 rings (SSSR count). The van der Waals surface area contributed by atoms with E-state index in [0.29, 0.717) is 17.0 Å². The third kappa shape index (κ3) is 3.90. The molecule has 1 aromatic rings. The normalized spacial score (nSPS) is 14.5. The van der Waals surface area contributed by atoms with Crippen LogP contribution in [0.5, 0.6) is 5.75 Å². The summed E-state index contributed by atoms with van der Waals surface area (Å²) in [7, 11) is 4.90. The minimum absolute atomic E-state index is 0.123. The number of carbonyl (C=O) groups excluding carboxylic acids is 2. The summed E-state index contributed by atoms with van der Waals surface area (Å²) in [5, 5.41) is 5.73. The van der Waals surface area contributed by atoms with Gasteiger partial charge in [0.25, 0.3) is 5.91 Å². The fourth-order valence-corrected chi connectivity index (χ4v) is 2.61. The average molecular weight is 305 g/mol. The maximum atomic E-state index is 12.1. The minimum Gasteiger partial charge on any atom is -0.495 e. The summed E-state index contributed by atoms with van der Waals surface area (Å²) in [6.07, 6.45) is 4.34. The minimum atomic E-state index is -0.264. The van der Waals surface area contributed by atoms with E-state index in [4.69, 9.17) is 4.74 Å². The van der Waals surface area contributed by atoms with Gasteiger partial charge in [0.2, 0.25) is 0 Å². The second-order valence-corrected chi connectivity index (χ2v) is 5.69. The van der Waals surface area contributed by atoms with E-state index in [1.54, 1.807) is 32.3 Å². The summed E-state index contributed by atoms with van der Waals surface area (Å²) in [6, 6.07) is 4.97. The highest BCUT2D eigenvalue weighted by Gasteiger charge is 2.18. The molecule has 0 aliphatic heterocycles. The first-order valence-corrected chi connectivity index (χ1v) is 7.48. The molecule has 0 atom stereocenters. The van der Waals surface area contributed by atoms with Gasteiger partial charge in [-0.1, -0.05) is 12.8 Å². The summed E-state index contributed by atoms with van der Waals surface area (Å²) < 4.78 is 5.24. The number of rotatable bonds is 4. The number of hydrogen-bond donors (Lipinski definition) is 2. The average Bonchev–Trinajstić information content (AvgIpc) is 2.99. The number of anilines is 1. The van der Waals surface area contributed by atoms with E-state index in [1.807, 2.05) is 0 Å². The van der Waals surface area contributed by atoms with Crippen molar-refractivity contribution in [3.63, 3.8) is 0 Å². The van der Waals surface area contributed by atoms with Gasteiger partial charge < -0.3 is 20.3 Å². The number of amides is 3. The van der Waals surface area contributed by atoms with E-state index < -0.39 is 0 Å². The van der Waals surface area contributed by atoms with Crippen molar-refractivity contribution in [1.82, 2.24) is 10.2 Å². The SMILES string of the molecule is COc1ccc(C(=O)N(C)C)cc1NC(=O)NC1CCCC1. The number of nitrogens with one attached hydrogen (secondary N) is 2. The predicted molar refractivity (Wildman–Crippen MR) is 85.4 cm³/mol. The molecule has 1 saturated carbocycles. The van der Waals surface area contributed by atoms with Crippen LogP contribution in [0.1, 0.15) is 36.0 Å². The summed E-state index contributed by atoms with van der Waals surface area (Å²) >= 11 is 0. The number of benzene rings is 1. The van der Waals surface area contributed by atoms with Gasteiger partial charge in [-0.2, -0.15) is 0 Å². The summed E-state index contributed by atoms with van der Waals surface area (Å²) in [5.41, 5.74) is 0.993. The number of carbonyl (C=O) groups is 2. The molecule has 120 valence electrons. The van der Waals surface area contributed by atoms with Crippen molar-refractivity contribution >= 4 is 17.6 Å². The summed E-state index contributed by atoms with van der Waals surface area (Å²) in [5.74, 6) is 0.402. The topological polar surface area (TPSA) is 70.7 Å². The molecule has 0 saturated heterocycles. The highest BCUT2D eigenvalue weighted by Crippen LogP contribution is 2.26. The lowest BCUT2D eigenvalue weighted by molar-refractivity contribution is 0.0827. The molecule has 0 bridgehead atoms. The van der Waals surface area contributed by atoms with E-state index in [0.717, 1.165) is 25.7 Å². The summed E-state index contributed by atoms with van der Waals surface area (Å²) in [4.78, 5) is 25.6. The van der Waals surface area contributed by atoms with Gasteiger partial charge in [0, 0.05) is 25.7 Å². The fraction of sp³-hybridized carbons (Fsp3) is 0.500. The third-order valence-corrected chi connectivity index (χ3v) is 3.79. The van der Waals surface area contributed by atoms with Crippen LogP contribution in [-0.2, 0) is 0 Å². The van der Waals surface area contributed by atoms with E-state index >= 15 is 0 Å². The van der Waals surface area contributed by atoms with Crippen LogP contribution in [-0.4, -0.2) is 44.1 Å². The first-order valence-electron chi connectivity index (χ1n) is 7.48. The molecule has 1 fully saturated rings. The van der Waals surface area contributed by atoms with Crippen LogP contribution in [0.25, 0.3) is 0 Å². The Kier molecular flexibility index (Phi) is 5.25. The quantitative estimate of drug-likeness (QED) is 0.897. The van der Waals surface area contributed by atoms with Crippen molar-refractivity contribution < 1.29 is 14.3 Å². The van der Waals surface area contributed by atoms with Gasteiger partial charge in [-0.3, -0.25) is 4.79 Å². The highest BCUT2D eigenvalue weighted by molar-refractivity contribution is 5.97. The maximum Gasteiger partial charge on any atom is 0.319 e. The molecule has 0 heterocycles. The van der Waals surface area contributed by atoms with Gasteiger partial charge in [-0.25, -0.2) is 4.79 Å². The van der Waals surface area contributed by atoms with Gasteiger partial charge in [-0.15, -0.1) is 0 Å². The molecule has 0 aromatic heterocycles. The molecule has 0 spiro atoms. The van der Waals surface area contributed by atoms with Gasteiger partial charge in [0.1, 0.15) is 5.75 Å². The van der Waals surface area contributed by atoms with Crippen LogP contribution in [0.2, 0.25) is 0 Å². The van der Waals surface area contributed by atoms with E-state index in [9.17, 15) is 9.59 Å². The van der Waals surface area contributed by atoms with Gasteiger partial charge in [-0.05, 0) is 31.0 Å². The Hall–Kier alpha value is -2.24. The number of nitrogens with zero attached hydrogens (tertiary/aromatic N) is 1. The van der Waals surface area contributed by atoms with Crippen LogP contribution >= 0.6 is 0 Å². The molecule has 6 heteroatoms.